The minimum Gasteiger partial charge on any atom is -0.325 e. The van der Waals surface area contributed by atoms with E-state index in [4.69, 9.17) is 0 Å². The molecule has 1 aromatic carbocycles. The highest BCUT2D eigenvalue weighted by atomic mass is 79.9. The van der Waals surface area contributed by atoms with E-state index < -0.39 is 0 Å². The van der Waals surface area contributed by atoms with Gasteiger partial charge in [-0.15, -0.1) is 10.2 Å². The van der Waals surface area contributed by atoms with E-state index in [9.17, 15) is 4.79 Å². The quantitative estimate of drug-likeness (QED) is 0.838. The lowest BCUT2D eigenvalue weighted by Crippen LogP contribution is -2.14. The molecule has 0 unspecified atom stereocenters. The van der Waals surface area contributed by atoms with Gasteiger partial charge in [-0.2, -0.15) is 0 Å². The minimum absolute atomic E-state index is 0.0571. The zero-order chi connectivity index (χ0) is 14.5. The Morgan fingerprint density at radius 3 is 2.65 bits per heavy atom. The maximum absolute atomic E-state index is 11.9. The SMILES string of the molecule is CCc1nnc(SCC(=O)Nc2ccc(Br)cc2)n1C. The molecule has 0 spiro atoms. The van der Waals surface area contributed by atoms with Gasteiger partial charge >= 0.3 is 0 Å². The molecular weight excluding hydrogens is 340 g/mol. The number of hydrogen-bond acceptors (Lipinski definition) is 4. The molecule has 0 bridgehead atoms. The molecule has 2 rings (SSSR count). The molecular formula is C13H15BrN4OS. The zero-order valence-corrected chi connectivity index (χ0v) is 13.7. The Balaban J connectivity index is 1.88. The number of nitrogens with zero attached hydrogens (tertiary/aromatic N) is 3. The van der Waals surface area contributed by atoms with Crippen molar-refractivity contribution in [2.24, 2.45) is 7.05 Å². The van der Waals surface area contributed by atoms with Crippen LogP contribution in [0.25, 0.3) is 0 Å². The van der Waals surface area contributed by atoms with Gasteiger partial charge in [0.1, 0.15) is 5.82 Å². The first-order valence-corrected chi connectivity index (χ1v) is 7.94. The average molecular weight is 355 g/mol. The van der Waals surface area contributed by atoms with Crippen LogP contribution in [0.1, 0.15) is 12.7 Å². The fourth-order valence-electron chi connectivity index (χ4n) is 1.64. The summed E-state index contributed by atoms with van der Waals surface area (Å²) in [6.07, 6.45) is 0.829. The predicted octanol–water partition coefficient (Wildman–Crippen LogP) is 2.87. The Bertz CT molecular complexity index is 597. The number of anilines is 1. The first kappa shape index (κ1) is 15.1. The van der Waals surface area contributed by atoms with Crippen LogP contribution in [0, 0.1) is 0 Å². The van der Waals surface area contributed by atoms with Gasteiger partial charge in [0.15, 0.2) is 5.16 Å². The van der Waals surface area contributed by atoms with Crippen LogP contribution in [0.4, 0.5) is 5.69 Å². The summed E-state index contributed by atoms with van der Waals surface area (Å²) in [7, 11) is 1.91. The summed E-state index contributed by atoms with van der Waals surface area (Å²) in [5.41, 5.74) is 0.783. The summed E-state index contributed by atoms with van der Waals surface area (Å²) >= 11 is 4.74. The second-order valence-corrected chi connectivity index (χ2v) is 6.01. The molecule has 7 heteroatoms. The van der Waals surface area contributed by atoms with Gasteiger partial charge in [-0.1, -0.05) is 34.6 Å². The minimum atomic E-state index is -0.0571. The molecule has 0 aliphatic rings. The third kappa shape index (κ3) is 3.83. The third-order valence-electron chi connectivity index (χ3n) is 2.70. The molecule has 1 aromatic heterocycles. The fraction of sp³-hybridized carbons (Fsp3) is 0.308. The van der Waals surface area contributed by atoms with Crippen molar-refractivity contribution in [3.8, 4) is 0 Å². The van der Waals surface area contributed by atoms with Gasteiger partial charge < -0.3 is 9.88 Å². The Morgan fingerprint density at radius 1 is 1.35 bits per heavy atom. The highest BCUT2D eigenvalue weighted by Crippen LogP contribution is 2.17. The lowest BCUT2D eigenvalue weighted by molar-refractivity contribution is -0.113. The fourth-order valence-corrected chi connectivity index (χ4v) is 2.63. The Kier molecular flexibility index (Phi) is 5.19. The molecule has 2 aromatic rings. The summed E-state index contributed by atoms with van der Waals surface area (Å²) in [5.74, 6) is 1.17. The van der Waals surface area contributed by atoms with Crippen molar-refractivity contribution in [1.82, 2.24) is 14.8 Å². The number of aromatic nitrogens is 3. The second kappa shape index (κ2) is 6.90. The number of rotatable bonds is 5. The molecule has 0 aliphatic heterocycles. The molecule has 5 nitrogen and oxygen atoms in total. The van der Waals surface area contributed by atoms with Crippen LogP contribution < -0.4 is 5.32 Å². The van der Waals surface area contributed by atoms with Crippen molar-refractivity contribution >= 4 is 39.3 Å². The second-order valence-electron chi connectivity index (χ2n) is 4.16. The van der Waals surface area contributed by atoms with E-state index in [1.807, 2.05) is 42.8 Å². The molecule has 0 atom stereocenters. The van der Waals surface area contributed by atoms with E-state index in [2.05, 4.69) is 31.4 Å². The Morgan fingerprint density at radius 2 is 2.05 bits per heavy atom. The number of nitrogens with one attached hydrogen (secondary N) is 1. The molecule has 0 radical (unpaired) electrons. The molecule has 0 saturated carbocycles. The largest absolute Gasteiger partial charge is 0.325 e. The Labute approximate surface area is 130 Å². The van der Waals surface area contributed by atoms with Crippen LogP contribution in [0.5, 0.6) is 0 Å². The van der Waals surface area contributed by atoms with Crippen molar-refractivity contribution < 1.29 is 4.79 Å². The smallest absolute Gasteiger partial charge is 0.234 e. The number of carbonyl (C=O) groups excluding carboxylic acids is 1. The summed E-state index contributed by atoms with van der Waals surface area (Å²) in [6.45, 7) is 2.03. The Hall–Kier alpha value is -1.34. The lowest BCUT2D eigenvalue weighted by Gasteiger charge is -2.05. The summed E-state index contributed by atoms with van der Waals surface area (Å²) in [4.78, 5) is 11.9. The first-order chi connectivity index (χ1) is 9.60. The highest BCUT2D eigenvalue weighted by Gasteiger charge is 2.10. The molecule has 1 heterocycles. The molecule has 20 heavy (non-hydrogen) atoms. The van der Waals surface area contributed by atoms with Crippen molar-refractivity contribution in [2.45, 2.75) is 18.5 Å². The third-order valence-corrected chi connectivity index (χ3v) is 4.25. The van der Waals surface area contributed by atoms with E-state index in [0.717, 1.165) is 27.6 Å². The van der Waals surface area contributed by atoms with E-state index in [1.54, 1.807) is 0 Å². The number of aryl methyl sites for hydroxylation is 1. The topological polar surface area (TPSA) is 59.8 Å². The summed E-state index contributed by atoms with van der Waals surface area (Å²) in [6, 6.07) is 7.48. The standard InChI is InChI=1S/C13H15BrN4OS/c1-3-11-16-17-13(18(11)2)20-8-12(19)15-10-6-4-9(14)5-7-10/h4-7H,3,8H2,1-2H3,(H,15,19). The highest BCUT2D eigenvalue weighted by molar-refractivity contribution is 9.10. The maximum Gasteiger partial charge on any atom is 0.234 e. The van der Waals surface area contributed by atoms with Crippen LogP contribution in [-0.2, 0) is 18.3 Å². The number of amides is 1. The van der Waals surface area contributed by atoms with Crippen LogP contribution >= 0.6 is 27.7 Å². The van der Waals surface area contributed by atoms with E-state index in [-0.39, 0.29) is 5.91 Å². The van der Waals surface area contributed by atoms with E-state index in [0.29, 0.717) is 5.75 Å². The van der Waals surface area contributed by atoms with Crippen molar-refractivity contribution in [1.29, 1.82) is 0 Å². The molecule has 106 valence electrons. The van der Waals surface area contributed by atoms with Gasteiger partial charge in [-0.25, -0.2) is 0 Å². The summed E-state index contributed by atoms with van der Waals surface area (Å²) in [5, 5.41) is 11.7. The number of halogens is 1. The normalized spacial score (nSPS) is 10.6. The van der Waals surface area contributed by atoms with E-state index in [1.165, 1.54) is 11.8 Å². The van der Waals surface area contributed by atoms with Gasteiger partial charge in [0, 0.05) is 23.6 Å². The molecule has 0 aliphatic carbocycles. The average Bonchev–Trinajstić information content (AvgIpc) is 2.79. The van der Waals surface area contributed by atoms with Crippen molar-refractivity contribution in [3.63, 3.8) is 0 Å². The predicted molar refractivity (Wildman–Crippen MR) is 83.9 cm³/mol. The zero-order valence-electron chi connectivity index (χ0n) is 11.3. The number of hydrogen-bond donors (Lipinski definition) is 1. The molecule has 1 amide bonds. The van der Waals surface area contributed by atoms with Gasteiger partial charge in [-0.05, 0) is 24.3 Å². The number of carbonyl (C=O) groups is 1. The van der Waals surface area contributed by atoms with Crippen LogP contribution in [0.3, 0.4) is 0 Å². The van der Waals surface area contributed by atoms with Gasteiger partial charge in [0.25, 0.3) is 0 Å². The number of thioether (sulfide) groups is 1. The van der Waals surface area contributed by atoms with Crippen LogP contribution in [0.15, 0.2) is 33.9 Å². The molecule has 0 fully saturated rings. The van der Waals surface area contributed by atoms with Gasteiger partial charge in [-0.3, -0.25) is 4.79 Å². The first-order valence-electron chi connectivity index (χ1n) is 6.16. The van der Waals surface area contributed by atoms with Gasteiger partial charge in [0.2, 0.25) is 5.91 Å². The van der Waals surface area contributed by atoms with Crippen molar-refractivity contribution in [3.05, 3.63) is 34.6 Å². The van der Waals surface area contributed by atoms with Crippen molar-refractivity contribution in [2.75, 3.05) is 11.1 Å². The summed E-state index contributed by atoms with van der Waals surface area (Å²) < 4.78 is 2.90. The maximum atomic E-state index is 11.9. The van der Waals surface area contributed by atoms with E-state index >= 15 is 0 Å². The number of benzene rings is 1. The molecule has 0 saturated heterocycles. The lowest BCUT2D eigenvalue weighted by atomic mass is 10.3. The van der Waals surface area contributed by atoms with Gasteiger partial charge in [0.05, 0.1) is 5.75 Å². The van der Waals surface area contributed by atoms with Crippen LogP contribution in [-0.4, -0.2) is 26.4 Å². The monoisotopic (exact) mass is 354 g/mol. The van der Waals surface area contributed by atoms with Crippen LogP contribution in [0.2, 0.25) is 0 Å². The molecule has 1 N–H and O–H groups in total.